The molecule has 96 valence electrons. The summed E-state index contributed by atoms with van der Waals surface area (Å²) in [5, 5.41) is 0. The monoisotopic (exact) mass is 288 g/mol. The normalized spacial score (nSPS) is 12.9. The van der Waals surface area contributed by atoms with E-state index in [0.717, 1.165) is 6.42 Å². The predicted molar refractivity (Wildman–Crippen MR) is 81.4 cm³/mol. The fraction of sp³-hybridized carbons (Fsp3) is 0.571. The molecule has 0 nitrogen and oxygen atoms in total. The van der Waals surface area contributed by atoms with E-state index in [1.807, 2.05) is 6.07 Å². The summed E-state index contributed by atoms with van der Waals surface area (Å²) in [5.41, 5.74) is 1.74. The highest BCUT2D eigenvalue weighted by Crippen LogP contribution is 2.28. The lowest BCUT2D eigenvalue weighted by molar-refractivity contribution is 0.600. The molecule has 0 aliphatic heterocycles. The molecule has 0 N–H and O–H groups in total. The lowest BCUT2D eigenvalue weighted by Crippen LogP contribution is -2.11. The molecule has 0 heterocycles. The number of benzene rings is 1. The third-order valence-corrected chi connectivity index (χ3v) is 6.30. The van der Waals surface area contributed by atoms with E-state index < -0.39 is 7.42 Å². The minimum atomic E-state index is -1.63. The molecule has 0 radical (unpaired) electrons. The van der Waals surface area contributed by atoms with Crippen LogP contribution in [0.4, 0.5) is 0 Å². The van der Waals surface area contributed by atoms with Gasteiger partial charge in [0.2, 0.25) is 7.42 Å². The fourth-order valence-corrected chi connectivity index (χ4v) is 4.74. The van der Waals surface area contributed by atoms with E-state index in [9.17, 15) is 0 Å². The number of unbranched alkanes of at least 4 members (excludes halogenated alkanes) is 4. The molecule has 0 aromatic heterocycles. The van der Waals surface area contributed by atoms with Crippen molar-refractivity contribution in [3.63, 3.8) is 0 Å². The van der Waals surface area contributed by atoms with Gasteiger partial charge < -0.3 is 0 Å². The zero-order chi connectivity index (χ0) is 12.5. The van der Waals surface area contributed by atoms with Crippen molar-refractivity contribution in [2.24, 2.45) is 0 Å². The Morgan fingerprint density at radius 2 is 1.65 bits per heavy atom. The first-order valence-corrected chi connectivity index (χ1v) is 10.7. The van der Waals surface area contributed by atoms with E-state index in [-0.39, 0.29) is 0 Å². The van der Waals surface area contributed by atoms with Crippen LogP contribution in [0.15, 0.2) is 30.3 Å². The van der Waals surface area contributed by atoms with Gasteiger partial charge in [-0.15, -0.1) is 22.2 Å². The molecule has 1 aromatic carbocycles. The summed E-state index contributed by atoms with van der Waals surface area (Å²) in [6, 6.07) is 10.5. The zero-order valence-corrected chi connectivity index (χ0v) is 13.2. The van der Waals surface area contributed by atoms with Crippen LogP contribution >= 0.6 is 22.2 Å². The van der Waals surface area contributed by atoms with Gasteiger partial charge in [-0.3, -0.25) is 0 Å². The van der Waals surface area contributed by atoms with Crippen molar-refractivity contribution in [2.45, 2.75) is 51.0 Å². The maximum absolute atomic E-state index is 6.22. The van der Waals surface area contributed by atoms with Gasteiger partial charge in [0, 0.05) is 5.54 Å². The summed E-state index contributed by atoms with van der Waals surface area (Å²) in [5.74, 6) is 0. The molecular weight excluding hydrogens is 267 g/mol. The average molecular weight is 289 g/mol. The van der Waals surface area contributed by atoms with Gasteiger partial charge in [0.1, 0.15) is 0 Å². The smallest absolute Gasteiger partial charge is 0.150 e. The van der Waals surface area contributed by atoms with Crippen LogP contribution in [-0.2, 0) is 0 Å². The Labute approximate surface area is 116 Å². The molecular formula is C14H22Cl2Si. The highest BCUT2D eigenvalue weighted by atomic mass is 35.7. The molecule has 0 saturated carbocycles. The van der Waals surface area contributed by atoms with Crippen LogP contribution < -0.4 is 0 Å². The molecule has 1 aromatic rings. The Balaban J connectivity index is 2.40. The summed E-state index contributed by atoms with van der Waals surface area (Å²) < 4.78 is 0. The van der Waals surface area contributed by atoms with Gasteiger partial charge in [0.15, 0.2) is 0 Å². The second-order valence-corrected chi connectivity index (χ2v) is 9.52. The Morgan fingerprint density at radius 3 is 2.24 bits per heavy atom. The van der Waals surface area contributed by atoms with Crippen molar-refractivity contribution in [2.75, 3.05) is 0 Å². The second-order valence-electron chi connectivity index (χ2n) is 4.55. The highest BCUT2D eigenvalue weighted by Gasteiger charge is 2.20. The zero-order valence-electron chi connectivity index (χ0n) is 10.5. The van der Waals surface area contributed by atoms with E-state index in [1.165, 1.54) is 37.7 Å². The van der Waals surface area contributed by atoms with Crippen molar-refractivity contribution in [1.29, 1.82) is 0 Å². The maximum atomic E-state index is 6.22. The number of hydrogen-bond acceptors (Lipinski definition) is 0. The van der Waals surface area contributed by atoms with Crippen LogP contribution in [0, 0.1) is 0 Å². The van der Waals surface area contributed by atoms with Crippen LogP contribution in [0.25, 0.3) is 0 Å². The van der Waals surface area contributed by atoms with Crippen molar-refractivity contribution < 1.29 is 0 Å². The van der Waals surface area contributed by atoms with Crippen molar-refractivity contribution in [1.82, 2.24) is 0 Å². The lowest BCUT2D eigenvalue weighted by atomic mass is 10.0. The Kier molecular flexibility index (Phi) is 7.99. The molecule has 3 heteroatoms. The maximum Gasteiger partial charge on any atom is 0.244 e. The number of rotatable bonds is 8. The van der Waals surface area contributed by atoms with Crippen molar-refractivity contribution in [3.05, 3.63) is 35.9 Å². The van der Waals surface area contributed by atoms with E-state index >= 15 is 0 Å². The quantitative estimate of drug-likeness (QED) is 0.343. The van der Waals surface area contributed by atoms with E-state index in [1.54, 1.807) is 0 Å². The number of halogens is 2. The van der Waals surface area contributed by atoms with Crippen molar-refractivity contribution >= 4 is 29.6 Å². The Morgan fingerprint density at radius 1 is 1.00 bits per heavy atom. The van der Waals surface area contributed by atoms with E-state index in [4.69, 9.17) is 22.2 Å². The Hall–Kier alpha value is 0.0169. The van der Waals surface area contributed by atoms with Crippen LogP contribution in [0.5, 0.6) is 0 Å². The first-order valence-electron chi connectivity index (χ1n) is 6.58. The molecule has 17 heavy (non-hydrogen) atoms. The van der Waals surface area contributed by atoms with Gasteiger partial charge in [-0.25, -0.2) is 0 Å². The standard InChI is InChI=1S/C14H22Cl2Si/c1-2-3-4-5-9-12-14(17(15)16)13-10-7-6-8-11-13/h6-8,10-11,14,17H,2-5,9,12H2,1H3. The third-order valence-electron chi connectivity index (χ3n) is 3.15. The van der Waals surface area contributed by atoms with Crippen LogP contribution in [0.3, 0.4) is 0 Å². The largest absolute Gasteiger partial charge is 0.244 e. The summed E-state index contributed by atoms with van der Waals surface area (Å²) in [7, 11) is -1.63. The lowest BCUT2D eigenvalue weighted by Gasteiger charge is -2.17. The second kappa shape index (κ2) is 9.01. The number of hydrogen-bond donors (Lipinski definition) is 0. The van der Waals surface area contributed by atoms with Gasteiger partial charge in [-0.1, -0.05) is 69.4 Å². The molecule has 1 atom stereocenters. The van der Waals surface area contributed by atoms with E-state index in [0.29, 0.717) is 5.54 Å². The molecule has 0 fully saturated rings. The van der Waals surface area contributed by atoms with Crippen LogP contribution in [0.2, 0.25) is 0 Å². The van der Waals surface area contributed by atoms with E-state index in [2.05, 4.69) is 31.2 Å². The topological polar surface area (TPSA) is 0 Å². The molecule has 0 aliphatic rings. The van der Waals surface area contributed by atoms with Gasteiger partial charge in [0.05, 0.1) is 0 Å². The summed E-state index contributed by atoms with van der Waals surface area (Å²) in [4.78, 5) is 0. The first-order chi connectivity index (χ1) is 8.25. The Bertz CT molecular complexity index is 288. The van der Waals surface area contributed by atoms with Gasteiger partial charge in [-0.05, 0) is 12.0 Å². The molecule has 0 amide bonds. The summed E-state index contributed by atoms with van der Waals surface area (Å²) in [6.07, 6.45) is 7.70. The third kappa shape index (κ3) is 5.94. The molecule has 0 saturated heterocycles. The average Bonchev–Trinajstić information content (AvgIpc) is 2.34. The molecule has 1 rings (SSSR count). The van der Waals surface area contributed by atoms with Gasteiger partial charge >= 0.3 is 0 Å². The molecule has 0 bridgehead atoms. The fourth-order valence-electron chi connectivity index (χ4n) is 2.11. The van der Waals surface area contributed by atoms with Gasteiger partial charge in [0.25, 0.3) is 0 Å². The minimum absolute atomic E-state index is 0.418. The molecule has 0 aliphatic carbocycles. The molecule has 1 unspecified atom stereocenters. The van der Waals surface area contributed by atoms with Crippen molar-refractivity contribution in [3.8, 4) is 0 Å². The highest BCUT2D eigenvalue weighted by molar-refractivity contribution is 7.34. The first kappa shape index (κ1) is 15.1. The summed E-state index contributed by atoms with van der Waals surface area (Å²) >= 11 is 12.4. The van der Waals surface area contributed by atoms with Crippen LogP contribution in [0.1, 0.15) is 56.6 Å². The van der Waals surface area contributed by atoms with Crippen LogP contribution in [-0.4, -0.2) is 7.42 Å². The van der Waals surface area contributed by atoms with Gasteiger partial charge in [-0.2, -0.15) is 0 Å². The molecule has 0 spiro atoms. The minimum Gasteiger partial charge on any atom is -0.150 e. The summed E-state index contributed by atoms with van der Waals surface area (Å²) in [6.45, 7) is 2.24. The SMILES string of the molecule is CCCCCCCC(c1ccccc1)[SiH](Cl)Cl. The predicted octanol–water partition coefficient (Wildman–Crippen LogP) is 5.37.